The molecule has 0 saturated heterocycles. The minimum Gasteiger partial charge on any atom is -0.465 e. The number of halogens is 1. The Balaban J connectivity index is 1.68. The van der Waals surface area contributed by atoms with Gasteiger partial charge in [-0.05, 0) is 80.3 Å². The third-order valence-electron chi connectivity index (χ3n) is 5.96. The highest BCUT2D eigenvalue weighted by Crippen LogP contribution is 2.22. The van der Waals surface area contributed by atoms with Crippen LogP contribution in [0, 0.1) is 0 Å². The highest BCUT2D eigenvalue weighted by Gasteiger charge is 2.25. The molecular formula is C30H34ClNO7S. The second-order valence-corrected chi connectivity index (χ2v) is 12.8. The van der Waals surface area contributed by atoms with Crippen LogP contribution in [0.1, 0.15) is 53.9 Å². The first kappa shape index (κ1) is 31.1. The number of nitrogens with zero attached hydrogens (tertiary/aromatic N) is 1. The van der Waals surface area contributed by atoms with Crippen molar-refractivity contribution in [1.82, 2.24) is 4.90 Å². The molecule has 0 fully saturated rings. The number of sulfone groups is 1. The summed E-state index contributed by atoms with van der Waals surface area (Å²) in [4.78, 5) is 26.1. The summed E-state index contributed by atoms with van der Waals surface area (Å²) in [5, 5.41) is 11.2. The Morgan fingerprint density at radius 2 is 1.60 bits per heavy atom. The normalized spacial score (nSPS) is 12.4. The second-order valence-electron chi connectivity index (χ2n) is 10.3. The molecule has 40 heavy (non-hydrogen) atoms. The quantitative estimate of drug-likeness (QED) is 0.307. The highest BCUT2D eigenvalue weighted by molar-refractivity contribution is 7.90. The van der Waals surface area contributed by atoms with Crippen LogP contribution in [-0.4, -0.2) is 56.3 Å². The van der Waals surface area contributed by atoms with E-state index in [-0.39, 0.29) is 23.7 Å². The van der Waals surface area contributed by atoms with Gasteiger partial charge in [0, 0.05) is 11.6 Å². The lowest BCUT2D eigenvalue weighted by Crippen LogP contribution is -2.40. The van der Waals surface area contributed by atoms with E-state index in [0.29, 0.717) is 28.1 Å². The van der Waals surface area contributed by atoms with Crippen LogP contribution in [0.3, 0.4) is 0 Å². The molecule has 1 amide bonds. The summed E-state index contributed by atoms with van der Waals surface area (Å²) in [6, 6.07) is 19.5. The summed E-state index contributed by atoms with van der Waals surface area (Å²) in [6.07, 6.45) is -1.12. The van der Waals surface area contributed by atoms with Gasteiger partial charge in [-0.2, -0.15) is 0 Å². The number of benzene rings is 3. The molecule has 0 heterocycles. The number of esters is 1. The second kappa shape index (κ2) is 13.3. The lowest BCUT2D eigenvalue weighted by molar-refractivity contribution is 0.0147. The van der Waals surface area contributed by atoms with Crippen LogP contribution in [0.4, 0.5) is 4.79 Å². The van der Waals surface area contributed by atoms with E-state index < -0.39 is 33.6 Å². The van der Waals surface area contributed by atoms with Crippen LogP contribution in [-0.2, 0) is 31.5 Å². The van der Waals surface area contributed by atoms with E-state index in [1.165, 1.54) is 36.3 Å². The summed E-state index contributed by atoms with van der Waals surface area (Å²) < 4.78 is 36.1. The molecule has 0 saturated carbocycles. The van der Waals surface area contributed by atoms with Gasteiger partial charge >= 0.3 is 12.1 Å². The van der Waals surface area contributed by atoms with Crippen molar-refractivity contribution in [1.29, 1.82) is 0 Å². The van der Waals surface area contributed by atoms with Crippen LogP contribution < -0.4 is 0 Å². The van der Waals surface area contributed by atoms with E-state index in [1.54, 1.807) is 69.3 Å². The Bertz CT molecular complexity index is 1420. The van der Waals surface area contributed by atoms with Crippen molar-refractivity contribution in [3.8, 4) is 0 Å². The largest absolute Gasteiger partial charge is 0.465 e. The number of ether oxygens (including phenoxy) is 2. The SMILES string of the molecule is COC(=O)c1ccc(CS(=O)(=O)c2ccc(CCN(C[C@H](O)c3cccc(Cl)c3)C(=O)OC(C)(C)C)cc2)cc1. The van der Waals surface area contributed by atoms with Crippen molar-refractivity contribution in [2.75, 3.05) is 20.2 Å². The van der Waals surface area contributed by atoms with Gasteiger partial charge in [-0.15, -0.1) is 0 Å². The van der Waals surface area contributed by atoms with Gasteiger partial charge in [-0.3, -0.25) is 0 Å². The Hall–Kier alpha value is -3.40. The van der Waals surface area contributed by atoms with E-state index in [2.05, 4.69) is 4.74 Å². The van der Waals surface area contributed by atoms with Crippen molar-refractivity contribution in [2.45, 2.75) is 49.5 Å². The van der Waals surface area contributed by atoms with Gasteiger partial charge in [0.05, 0.1) is 36.0 Å². The average molecular weight is 588 g/mol. The molecule has 3 aromatic carbocycles. The smallest absolute Gasteiger partial charge is 0.410 e. The molecule has 0 aromatic heterocycles. The average Bonchev–Trinajstić information content (AvgIpc) is 2.90. The minimum atomic E-state index is -3.63. The highest BCUT2D eigenvalue weighted by atomic mass is 35.5. The van der Waals surface area contributed by atoms with Crippen LogP contribution >= 0.6 is 11.6 Å². The topological polar surface area (TPSA) is 110 Å². The predicted molar refractivity (Wildman–Crippen MR) is 153 cm³/mol. The molecule has 0 aliphatic carbocycles. The van der Waals surface area contributed by atoms with Crippen molar-refractivity contribution in [3.63, 3.8) is 0 Å². The third-order valence-corrected chi connectivity index (χ3v) is 7.90. The predicted octanol–water partition coefficient (Wildman–Crippen LogP) is 5.61. The molecule has 3 aromatic rings. The molecule has 0 spiro atoms. The number of rotatable bonds is 10. The number of carbonyl (C=O) groups excluding carboxylic acids is 2. The lowest BCUT2D eigenvalue weighted by Gasteiger charge is -2.29. The summed E-state index contributed by atoms with van der Waals surface area (Å²) >= 11 is 6.05. The van der Waals surface area contributed by atoms with Gasteiger partial charge in [0.25, 0.3) is 0 Å². The molecule has 1 atom stereocenters. The molecule has 214 valence electrons. The van der Waals surface area contributed by atoms with Crippen LogP contribution in [0.15, 0.2) is 77.7 Å². The maximum absolute atomic E-state index is 13.0. The van der Waals surface area contributed by atoms with Crippen LogP contribution in [0.2, 0.25) is 5.02 Å². The number of amides is 1. The number of aliphatic hydroxyl groups is 1. The molecule has 3 rings (SSSR count). The standard InChI is InChI=1S/C30H34ClNO7S/c1-30(2,3)39-29(35)32(19-27(33)24-6-5-7-25(31)18-24)17-16-21-10-14-26(15-11-21)40(36,37)20-22-8-12-23(13-9-22)28(34)38-4/h5-15,18,27,33H,16-17,19-20H2,1-4H3/t27-/m0/s1. The Labute approximate surface area is 240 Å². The fourth-order valence-corrected chi connectivity index (χ4v) is 5.44. The van der Waals surface area contributed by atoms with Crippen molar-refractivity contribution in [2.24, 2.45) is 0 Å². The molecular weight excluding hydrogens is 554 g/mol. The molecule has 0 aliphatic heterocycles. The first-order valence-corrected chi connectivity index (χ1v) is 14.7. The van der Waals surface area contributed by atoms with Gasteiger partial charge in [-0.25, -0.2) is 18.0 Å². The number of hydrogen-bond donors (Lipinski definition) is 1. The van der Waals surface area contributed by atoms with Crippen molar-refractivity contribution >= 4 is 33.5 Å². The van der Waals surface area contributed by atoms with E-state index >= 15 is 0 Å². The van der Waals surface area contributed by atoms with Crippen molar-refractivity contribution in [3.05, 3.63) is 100 Å². The van der Waals surface area contributed by atoms with E-state index in [4.69, 9.17) is 16.3 Å². The Kier molecular flexibility index (Phi) is 10.4. The maximum Gasteiger partial charge on any atom is 0.410 e. The number of aliphatic hydroxyl groups excluding tert-OH is 1. The zero-order valence-corrected chi connectivity index (χ0v) is 24.5. The number of hydrogen-bond acceptors (Lipinski definition) is 7. The fraction of sp³-hybridized carbons (Fsp3) is 0.333. The zero-order valence-electron chi connectivity index (χ0n) is 23.0. The monoisotopic (exact) mass is 587 g/mol. The molecule has 0 unspecified atom stereocenters. The van der Waals surface area contributed by atoms with Gasteiger partial charge in [-0.1, -0.05) is 48.0 Å². The Morgan fingerprint density at radius 3 is 2.17 bits per heavy atom. The summed E-state index contributed by atoms with van der Waals surface area (Å²) in [7, 11) is -2.35. The third kappa shape index (κ3) is 9.08. The molecule has 0 bridgehead atoms. The van der Waals surface area contributed by atoms with Crippen LogP contribution in [0.5, 0.6) is 0 Å². The summed E-state index contributed by atoms with van der Waals surface area (Å²) in [5.74, 6) is -0.712. The van der Waals surface area contributed by atoms with Crippen LogP contribution in [0.25, 0.3) is 0 Å². The lowest BCUT2D eigenvalue weighted by atomic mass is 10.1. The van der Waals surface area contributed by atoms with Gasteiger partial charge in [0.2, 0.25) is 0 Å². The van der Waals surface area contributed by atoms with E-state index in [9.17, 15) is 23.1 Å². The Morgan fingerprint density at radius 1 is 0.975 bits per heavy atom. The first-order valence-electron chi connectivity index (χ1n) is 12.7. The minimum absolute atomic E-state index is 0.00349. The maximum atomic E-state index is 13.0. The van der Waals surface area contributed by atoms with Crippen molar-refractivity contribution < 1.29 is 32.6 Å². The summed E-state index contributed by atoms with van der Waals surface area (Å²) in [5.41, 5.74) is 1.56. The summed E-state index contributed by atoms with van der Waals surface area (Å²) in [6.45, 7) is 5.54. The molecule has 1 N–H and O–H groups in total. The van der Waals surface area contributed by atoms with E-state index in [0.717, 1.165) is 5.56 Å². The zero-order chi connectivity index (χ0) is 29.5. The van der Waals surface area contributed by atoms with Gasteiger partial charge in [0.15, 0.2) is 9.84 Å². The van der Waals surface area contributed by atoms with Gasteiger partial charge in [0.1, 0.15) is 5.60 Å². The number of methoxy groups -OCH3 is 1. The molecule has 10 heteroatoms. The molecule has 8 nitrogen and oxygen atoms in total. The van der Waals surface area contributed by atoms with Gasteiger partial charge < -0.3 is 19.5 Å². The molecule has 0 radical (unpaired) electrons. The molecule has 0 aliphatic rings. The van der Waals surface area contributed by atoms with E-state index in [1.807, 2.05) is 0 Å². The first-order chi connectivity index (χ1) is 18.8. The number of carbonyl (C=O) groups is 2. The fourth-order valence-electron chi connectivity index (χ4n) is 3.90.